The van der Waals surface area contributed by atoms with Gasteiger partial charge in [0.1, 0.15) is 0 Å². The van der Waals surface area contributed by atoms with Gasteiger partial charge < -0.3 is 10.5 Å². The highest BCUT2D eigenvalue weighted by Gasteiger charge is 2.26. The lowest BCUT2D eigenvalue weighted by molar-refractivity contribution is 0.0493. The molecule has 0 aromatic rings. The van der Waals surface area contributed by atoms with Gasteiger partial charge in [0.2, 0.25) is 0 Å². The van der Waals surface area contributed by atoms with E-state index in [9.17, 15) is 0 Å². The van der Waals surface area contributed by atoms with E-state index in [1.54, 1.807) is 0 Å². The number of nitrogens with two attached hydrogens (primary N) is 1. The van der Waals surface area contributed by atoms with Crippen molar-refractivity contribution < 1.29 is 4.74 Å². The van der Waals surface area contributed by atoms with E-state index in [2.05, 4.69) is 6.92 Å². The fourth-order valence-electron chi connectivity index (χ4n) is 2.99. The van der Waals surface area contributed by atoms with Crippen molar-refractivity contribution in [2.45, 2.75) is 95.9 Å². The van der Waals surface area contributed by atoms with Crippen LogP contribution in [0.15, 0.2) is 0 Å². The molecule has 1 fully saturated rings. The number of rotatable bonds is 11. The Bertz CT molecular complexity index is 199. The molecule has 2 nitrogen and oxygen atoms in total. The fraction of sp³-hybridized carbons (Fsp3) is 1.00. The molecule has 0 saturated carbocycles. The molecule has 1 heterocycles. The van der Waals surface area contributed by atoms with Crippen LogP contribution < -0.4 is 5.73 Å². The Balaban J connectivity index is 1.83. The van der Waals surface area contributed by atoms with Gasteiger partial charge in [-0.1, -0.05) is 71.1 Å². The van der Waals surface area contributed by atoms with Crippen LogP contribution in [0.5, 0.6) is 0 Å². The first-order valence-corrected chi connectivity index (χ1v) is 8.63. The van der Waals surface area contributed by atoms with Crippen LogP contribution in [0.2, 0.25) is 0 Å². The van der Waals surface area contributed by atoms with Gasteiger partial charge in [-0.05, 0) is 19.3 Å². The number of hydrogen-bond donors (Lipinski definition) is 1. The third kappa shape index (κ3) is 8.65. The van der Waals surface area contributed by atoms with Gasteiger partial charge in [0.25, 0.3) is 0 Å². The highest BCUT2D eigenvalue weighted by molar-refractivity contribution is 4.85. The molecule has 0 spiro atoms. The third-order valence-electron chi connectivity index (χ3n) is 4.52. The second-order valence-electron chi connectivity index (χ2n) is 6.41. The van der Waals surface area contributed by atoms with E-state index in [-0.39, 0.29) is 5.54 Å². The summed E-state index contributed by atoms with van der Waals surface area (Å²) in [5, 5.41) is 0. The Morgan fingerprint density at radius 1 is 0.789 bits per heavy atom. The summed E-state index contributed by atoms with van der Waals surface area (Å²) in [6, 6.07) is 0. The van der Waals surface area contributed by atoms with Crippen LogP contribution in [0.1, 0.15) is 90.4 Å². The second kappa shape index (κ2) is 10.7. The van der Waals surface area contributed by atoms with Gasteiger partial charge in [-0.2, -0.15) is 0 Å². The van der Waals surface area contributed by atoms with E-state index < -0.39 is 0 Å². The summed E-state index contributed by atoms with van der Waals surface area (Å²) < 4.78 is 5.38. The minimum Gasteiger partial charge on any atom is -0.381 e. The Kier molecular flexibility index (Phi) is 9.54. The molecular formula is C17H35NO. The quantitative estimate of drug-likeness (QED) is 0.547. The molecule has 114 valence electrons. The van der Waals surface area contributed by atoms with Crippen LogP contribution in [0, 0.1) is 0 Å². The van der Waals surface area contributed by atoms with E-state index in [0.717, 1.165) is 26.1 Å². The smallest absolute Gasteiger partial charge is 0.0483 e. The lowest BCUT2D eigenvalue weighted by Gasteiger charge is -2.33. The first-order chi connectivity index (χ1) is 9.27. The van der Waals surface area contributed by atoms with E-state index in [1.165, 1.54) is 70.6 Å². The SMILES string of the molecule is CCCCCCCCCCCCC1(N)CCOCC1. The molecule has 1 saturated heterocycles. The summed E-state index contributed by atoms with van der Waals surface area (Å²) in [5.41, 5.74) is 6.48. The number of ether oxygens (including phenoxy) is 1. The summed E-state index contributed by atoms with van der Waals surface area (Å²) in [5.74, 6) is 0. The molecular weight excluding hydrogens is 234 g/mol. The van der Waals surface area contributed by atoms with E-state index in [4.69, 9.17) is 10.5 Å². The van der Waals surface area contributed by atoms with Gasteiger partial charge in [-0.3, -0.25) is 0 Å². The van der Waals surface area contributed by atoms with E-state index in [1.807, 2.05) is 0 Å². The van der Waals surface area contributed by atoms with Crippen molar-refractivity contribution in [2.24, 2.45) is 5.73 Å². The summed E-state index contributed by atoms with van der Waals surface area (Å²) in [7, 11) is 0. The predicted molar refractivity (Wildman–Crippen MR) is 83.4 cm³/mol. The Morgan fingerprint density at radius 3 is 1.79 bits per heavy atom. The molecule has 0 aliphatic carbocycles. The molecule has 0 unspecified atom stereocenters. The average molecular weight is 269 g/mol. The Labute approximate surface area is 120 Å². The lowest BCUT2D eigenvalue weighted by Crippen LogP contribution is -2.44. The summed E-state index contributed by atoms with van der Waals surface area (Å²) in [4.78, 5) is 0. The highest BCUT2D eigenvalue weighted by Crippen LogP contribution is 2.24. The standard InChI is InChI=1S/C17H35NO/c1-2-3-4-5-6-7-8-9-10-11-12-17(18)13-15-19-16-14-17/h2-16,18H2,1H3. The largest absolute Gasteiger partial charge is 0.381 e. The van der Waals surface area contributed by atoms with Gasteiger partial charge in [-0.15, -0.1) is 0 Å². The molecule has 0 amide bonds. The Hall–Kier alpha value is -0.0800. The second-order valence-corrected chi connectivity index (χ2v) is 6.41. The molecule has 0 aromatic heterocycles. The number of hydrogen-bond acceptors (Lipinski definition) is 2. The zero-order valence-electron chi connectivity index (χ0n) is 13.1. The van der Waals surface area contributed by atoms with Crippen molar-refractivity contribution in [1.29, 1.82) is 0 Å². The van der Waals surface area contributed by atoms with Gasteiger partial charge in [0.05, 0.1) is 0 Å². The van der Waals surface area contributed by atoms with Crippen molar-refractivity contribution >= 4 is 0 Å². The highest BCUT2D eigenvalue weighted by atomic mass is 16.5. The molecule has 1 aliphatic rings. The van der Waals surface area contributed by atoms with Crippen LogP contribution in [0.4, 0.5) is 0 Å². The summed E-state index contributed by atoms with van der Waals surface area (Å²) >= 11 is 0. The van der Waals surface area contributed by atoms with Crippen molar-refractivity contribution in [2.75, 3.05) is 13.2 Å². The zero-order chi connectivity index (χ0) is 13.8. The van der Waals surface area contributed by atoms with Crippen LogP contribution >= 0.6 is 0 Å². The van der Waals surface area contributed by atoms with Crippen LogP contribution in [0.3, 0.4) is 0 Å². The normalized spacial score (nSPS) is 18.6. The number of unbranched alkanes of at least 4 members (excludes halogenated alkanes) is 9. The molecule has 1 aliphatic heterocycles. The molecule has 0 bridgehead atoms. The third-order valence-corrected chi connectivity index (χ3v) is 4.52. The fourth-order valence-corrected chi connectivity index (χ4v) is 2.99. The van der Waals surface area contributed by atoms with Crippen molar-refractivity contribution in [3.63, 3.8) is 0 Å². The molecule has 0 atom stereocenters. The van der Waals surface area contributed by atoms with Gasteiger partial charge >= 0.3 is 0 Å². The maximum atomic E-state index is 6.39. The molecule has 2 heteroatoms. The van der Waals surface area contributed by atoms with Gasteiger partial charge in [-0.25, -0.2) is 0 Å². The Morgan fingerprint density at radius 2 is 1.26 bits per heavy atom. The van der Waals surface area contributed by atoms with Crippen molar-refractivity contribution in [3.8, 4) is 0 Å². The van der Waals surface area contributed by atoms with Crippen LogP contribution in [0.25, 0.3) is 0 Å². The molecule has 2 N–H and O–H groups in total. The maximum absolute atomic E-state index is 6.39. The van der Waals surface area contributed by atoms with Gasteiger partial charge in [0.15, 0.2) is 0 Å². The lowest BCUT2D eigenvalue weighted by atomic mass is 9.86. The first-order valence-electron chi connectivity index (χ1n) is 8.63. The first kappa shape index (κ1) is 17.0. The molecule has 19 heavy (non-hydrogen) atoms. The van der Waals surface area contributed by atoms with Gasteiger partial charge in [0, 0.05) is 18.8 Å². The minimum absolute atomic E-state index is 0.0956. The van der Waals surface area contributed by atoms with Crippen LogP contribution in [-0.2, 0) is 4.74 Å². The molecule has 0 radical (unpaired) electrons. The topological polar surface area (TPSA) is 35.2 Å². The molecule has 1 rings (SSSR count). The zero-order valence-corrected chi connectivity index (χ0v) is 13.1. The van der Waals surface area contributed by atoms with E-state index in [0.29, 0.717) is 0 Å². The predicted octanol–water partition coefficient (Wildman–Crippen LogP) is 4.81. The maximum Gasteiger partial charge on any atom is 0.0483 e. The average Bonchev–Trinajstić information content (AvgIpc) is 2.42. The van der Waals surface area contributed by atoms with Crippen LogP contribution in [-0.4, -0.2) is 18.8 Å². The van der Waals surface area contributed by atoms with Crippen molar-refractivity contribution in [3.05, 3.63) is 0 Å². The van der Waals surface area contributed by atoms with Crippen molar-refractivity contribution in [1.82, 2.24) is 0 Å². The minimum atomic E-state index is 0.0956. The molecule has 0 aromatic carbocycles. The monoisotopic (exact) mass is 269 g/mol. The van der Waals surface area contributed by atoms with E-state index >= 15 is 0 Å². The summed E-state index contributed by atoms with van der Waals surface area (Å²) in [6.07, 6.45) is 17.4. The summed E-state index contributed by atoms with van der Waals surface area (Å²) in [6.45, 7) is 4.02.